The third-order valence-corrected chi connectivity index (χ3v) is 2.75. The first-order valence-corrected chi connectivity index (χ1v) is 6.49. The number of hydrogen-bond donors (Lipinski definition) is 2. The van der Waals surface area contributed by atoms with E-state index in [1.165, 1.54) is 0 Å². The van der Waals surface area contributed by atoms with Gasteiger partial charge in [-0.2, -0.15) is 0 Å². The molecule has 1 aromatic carbocycles. The fourth-order valence-corrected chi connectivity index (χ4v) is 1.73. The van der Waals surface area contributed by atoms with Gasteiger partial charge in [0.2, 0.25) is 0 Å². The molecule has 4 nitrogen and oxygen atoms in total. The molecule has 102 valence electrons. The molecule has 0 radical (unpaired) electrons. The maximum absolute atomic E-state index is 9.87. The molecule has 0 aliphatic carbocycles. The van der Waals surface area contributed by atoms with Crippen molar-refractivity contribution in [2.24, 2.45) is 0 Å². The van der Waals surface area contributed by atoms with E-state index in [0.717, 1.165) is 0 Å². The zero-order valence-corrected chi connectivity index (χ0v) is 11.4. The molecule has 0 aliphatic heterocycles. The largest absolute Gasteiger partial charge is 0.490 e. The van der Waals surface area contributed by atoms with E-state index in [1.807, 2.05) is 13.8 Å². The Balaban J connectivity index is 2.98. The van der Waals surface area contributed by atoms with Crippen LogP contribution >= 0.6 is 11.6 Å². The van der Waals surface area contributed by atoms with E-state index in [-0.39, 0.29) is 5.88 Å². The van der Waals surface area contributed by atoms with Crippen molar-refractivity contribution in [3.05, 3.63) is 23.8 Å². The summed E-state index contributed by atoms with van der Waals surface area (Å²) in [5.41, 5.74) is 0.551. The van der Waals surface area contributed by atoms with Gasteiger partial charge in [-0.15, -0.1) is 11.6 Å². The lowest BCUT2D eigenvalue weighted by Gasteiger charge is -2.18. The molecule has 5 heteroatoms. The lowest BCUT2D eigenvalue weighted by Crippen LogP contribution is -2.19. The normalized spacial score (nSPS) is 14.1. The SMILES string of the molecule is CCOc1ccc(C(O)C(O)CCl)cc1OCC. The molecule has 2 unspecified atom stereocenters. The van der Waals surface area contributed by atoms with Crippen molar-refractivity contribution in [2.45, 2.75) is 26.1 Å². The number of ether oxygens (including phenoxy) is 2. The summed E-state index contributed by atoms with van der Waals surface area (Å²) < 4.78 is 10.9. The number of halogens is 1. The summed E-state index contributed by atoms with van der Waals surface area (Å²) in [5, 5.41) is 19.4. The molecule has 0 spiro atoms. The minimum atomic E-state index is -1.03. The molecule has 1 aromatic rings. The Hall–Kier alpha value is -0.970. The number of rotatable bonds is 7. The zero-order valence-electron chi connectivity index (χ0n) is 10.6. The van der Waals surface area contributed by atoms with Crippen molar-refractivity contribution in [2.75, 3.05) is 19.1 Å². The summed E-state index contributed by atoms with van der Waals surface area (Å²) in [5.74, 6) is 1.14. The van der Waals surface area contributed by atoms with E-state index in [9.17, 15) is 10.2 Å². The second kappa shape index (κ2) is 7.46. The van der Waals surface area contributed by atoms with Gasteiger partial charge in [0.15, 0.2) is 11.5 Å². The molecule has 2 N–H and O–H groups in total. The van der Waals surface area contributed by atoms with Crippen LogP contribution in [0.1, 0.15) is 25.5 Å². The Morgan fingerprint density at radius 3 is 2.28 bits per heavy atom. The van der Waals surface area contributed by atoms with Gasteiger partial charge in [-0.1, -0.05) is 6.07 Å². The summed E-state index contributed by atoms with van der Waals surface area (Å²) in [6.45, 7) is 4.78. The molecule has 2 atom stereocenters. The van der Waals surface area contributed by atoms with E-state index in [1.54, 1.807) is 18.2 Å². The molecule has 0 saturated carbocycles. The maximum Gasteiger partial charge on any atom is 0.161 e. The number of aliphatic hydroxyl groups excluding tert-OH is 2. The lowest BCUT2D eigenvalue weighted by molar-refractivity contribution is 0.0325. The minimum absolute atomic E-state index is 0.0294. The fourth-order valence-electron chi connectivity index (χ4n) is 1.56. The van der Waals surface area contributed by atoms with Gasteiger partial charge in [0.05, 0.1) is 25.2 Å². The molecule has 1 rings (SSSR count). The molecule has 18 heavy (non-hydrogen) atoms. The summed E-state index contributed by atoms with van der Waals surface area (Å²) in [6.07, 6.45) is -2.03. The lowest BCUT2D eigenvalue weighted by atomic mass is 10.0. The molecule has 0 bridgehead atoms. The van der Waals surface area contributed by atoms with Gasteiger partial charge in [-0.05, 0) is 31.5 Å². The van der Waals surface area contributed by atoms with Gasteiger partial charge < -0.3 is 19.7 Å². The van der Waals surface area contributed by atoms with Gasteiger partial charge in [-0.3, -0.25) is 0 Å². The fraction of sp³-hybridized carbons (Fsp3) is 0.538. The van der Waals surface area contributed by atoms with Crippen LogP contribution in [0.5, 0.6) is 11.5 Å². The molecule has 0 fully saturated rings. The summed E-state index contributed by atoms with van der Waals surface area (Å²) in [4.78, 5) is 0. The smallest absolute Gasteiger partial charge is 0.161 e. The van der Waals surface area contributed by atoms with Crippen LogP contribution < -0.4 is 9.47 Å². The zero-order chi connectivity index (χ0) is 13.5. The Morgan fingerprint density at radius 2 is 1.72 bits per heavy atom. The van der Waals surface area contributed by atoms with E-state index in [2.05, 4.69) is 0 Å². The van der Waals surface area contributed by atoms with Crippen LogP contribution in [0.25, 0.3) is 0 Å². The van der Waals surface area contributed by atoms with Crippen LogP contribution in [0.4, 0.5) is 0 Å². The highest BCUT2D eigenvalue weighted by Gasteiger charge is 2.19. The van der Waals surface area contributed by atoms with Gasteiger partial charge in [0.25, 0.3) is 0 Å². The van der Waals surface area contributed by atoms with Crippen molar-refractivity contribution >= 4 is 11.6 Å². The first-order valence-electron chi connectivity index (χ1n) is 5.95. The Kier molecular flexibility index (Phi) is 6.25. The van der Waals surface area contributed by atoms with Crippen molar-refractivity contribution in [1.82, 2.24) is 0 Å². The van der Waals surface area contributed by atoms with E-state index in [0.29, 0.717) is 30.3 Å². The van der Waals surface area contributed by atoms with Crippen LogP contribution in [-0.4, -0.2) is 35.4 Å². The second-order valence-electron chi connectivity index (χ2n) is 3.74. The molecule has 0 heterocycles. The van der Waals surface area contributed by atoms with Crippen LogP contribution in [0, 0.1) is 0 Å². The standard InChI is InChI=1S/C13H19ClO4/c1-3-17-11-6-5-9(7-12(11)18-4-2)13(16)10(15)8-14/h5-7,10,13,15-16H,3-4,8H2,1-2H3. The minimum Gasteiger partial charge on any atom is -0.490 e. The van der Waals surface area contributed by atoms with Crippen LogP contribution in [0.2, 0.25) is 0 Å². The summed E-state index contributed by atoms with van der Waals surface area (Å²) in [6, 6.07) is 5.07. The number of hydrogen-bond acceptors (Lipinski definition) is 4. The van der Waals surface area contributed by atoms with Crippen LogP contribution in [-0.2, 0) is 0 Å². The predicted octanol–water partition coefficient (Wildman–Crippen LogP) is 2.12. The van der Waals surface area contributed by atoms with E-state index in [4.69, 9.17) is 21.1 Å². The predicted molar refractivity (Wildman–Crippen MR) is 70.5 cm³/mol. The van der Waals surface area contributed by atoms with Crippen LogP contribution in [0.3, 0.4) is 0 Å². The molecule has 0 saturated heterocycles. The average Bonchev–Trinajstić information content (AvgIpc) is 2.39. The van der Waals surface area contributed by atoms with Crippen molar-refractivity contribution in [3.8, 4) is 11.5 Å². The van der Waals surface area contributed by atoms with Crippen molar-refractivity contribution in [3.63, 3.8) is 0 Å². The number of aliphatic hydroxyl groups is 2. The van der Waals surface area contributed by atoms with Crippen molar-refractivity contribution in [1.29, 1.82) is 0 Å². The monoisotopic (exact) mass is 274 g/mol. The summed E-state index contributed by atoms with van der Waals surface area (Å²) in [7, 11) is 0. The van der Waals surface area contributed by atoms with E-state index >= 15 is 0 Å². The first kappa shape index (κ1) is 15.1. The molecular formula is C13H19ClO4. The van der Waals surface area contributed by atoms with E-state index < -0.39 is 12.2 Å². The molecule has 0 amide bonds. The average molecular weight is 275 g/mol. The van der Waals surface area contributed by atoms with Gasteiger partial charge in [-0.25, -0.2) is 0 Å². The maximum atomic E-state index is 9.87. The number of alkyl halides is 1. The third-order valence-electron chi connectivity index (χ3n) is 2.43. The molecule has 0 aromatic heterocycles. The highest BCUT2D eigenvalue weighted by molar-refractivity contribution is 6.18. The van der Waals surface area contributed by atoms with Gasteiger partial charge >= 0.3 is 0 Å². The quantitative estimate of drug-likeness (QED) is 0.748. The molecular weight excluding hydrogens is 256 g/mol. The van der Waals surface area contributed by atoms with Gasteiger partial charge in [0.1, 0.15) is 6.10 Å². The highest BCUT2D eigenvalue weighted by atomic mass is 35.5. The Bertz CT molecular complexity index is 370. The Morgan fingerprint density at radius 1 is 1.11 bits per heavy atom. The number of benzene rings is 1. The Labute approximate surface area is 112 Å². The van der Waals surface area contributed by atoms with Crippen molar-refractivity contribution < 1.29 is 19.7 Å². The first-order chi connectivity index (χ1) is 8.63. The third kappa shape index (κ3) is 3.77. The van der Waals surface area contributed by atoms with Gasteiger partial charge in [0, 0.05) is 0 Å². The van der Waals surface area contributed by atoms with Crippen LogP contribution in [0.15, 0.2) is 18.2 Å². The topological polar surface area (TPSA) is 58.9 Å². The summed E-state index contributed by atoms with van der Waals surface area (Å²) >= 11 is 5.51. The second-order valence-corrected chi connectivity index (χ2v) is 4.05. The highest BCUT2D eigenvalue weighted by Crippen LogP contribution is 2.31. The molecule has 0 aliphatic rings.